The lowest BCUT2D eigenvalue weighted by atomic mass is 10.0. The fourth-order valence-electron chi connectivity index (χ4n) is 4.25. The van der Waals surface area contributed by atoms with E-state index < -0.39 is 6.43 Å². The summed E-state index contributed by atoms with van der Waals surface area (Å²) in [5.74, 6) is 2.25. The van der Waals surface area contributed by atoms with Gasteiger partial charge in [-0.1, -0.05) is 27.7 Å². The fraction of sp³-hybridized carbons (Fsp3) is 0.652. The minimum Gasteiger partial charge on any atom is -0.377 e. The Labute approximate surface area is 193 Å². The van der Waals surface area contributed by atoms with Crippen molar-refractivity contribution in [3.8, 4) is 11.4 Å². The number of anilines is 2. The summed E-state index contributed by atoms with van der Waals surface area (Å²) < 4.78 is 37.5. The molecule has 2 aromatic rings. The number of nitrogens with zero attached hydrogens (tertiary/aromatic N) is 6. The first-order chi connectivity index (χ1) is 15.8. The summed E-state index contributed by atoms with van der Waals surface area (Å²) in [6.07, 6.45) is -1.22. The summed E-state index contributed by atoms with van der Waals surface area (Å²) in [5.41, 5.74) is 0.308. The van der Waals surface area contributed by atoms with Gasteiger partial charge in [0, 0.05) is 24.8 Å². The van der Waals surface area contributed by atoms with E-state index in [9.17, 15) is 8.78 Å². The van der Waals surface area contributed by atoms with Gasteiger partial charge in [-0.25, -0.2) is 8.78 Å². The van der Waals surface area contributed by atoms with Gasteiger partial charge in [0.1, 0.15) is 5.69 Å². The second-order valence-electron chi connectivity index (χ2n) is 9.19. The number of ether oxygens (including phenoxy) is 2. The maximum atomic E-state index is 13.0. The van der Waals surface area contributed by atoms with E-state index in [2.05, 4.69) is 42.5 Å². The molecule has 10 heteroatoms. The third kappa shape index (κ3) is 5.22. The van der Waals surface area contributed by atoms with Gasteiger partial charge in [-0.15, -0.1) is 0 Å². The molecule has 0 N–H and O–H groups in total. The second kappa shape index (κ2) is 10.2. The van der Waals surface area contributed by atoms with E-state index in [1.165, 1.54) is 12.3 Å². The van der Waals surface area contributed by atoms with Crippen molar-refractivity contribution in [1.82, 2.24) is 19.9 Å². The molecule has 0 spiro atoms. The van der Waals surface area contributed by atoms with E-state index in [4.69, 9.17) is 24.4 Å². The molecule has 33 heavy (non-hydrogen) atoms. The van der Waals surface area contributed by atoms with Crippen LogP contribution in [-0.2, 0) is 9.47 Å². The van der Waals surface area contributed by atoms with E-state index in [1.54, 1.807) is 6.07 Å². The lowest BCUT2D eigenvalue weighted by Gasteiger charge is -2.40. The first-order valence-corrected chi connectivity index (χ1v) is 11.5. The summed E-state index contributed by atoms with van der Waals surface area (Å²) >= 11 is 0. The van der Waals surface area contributed by atoms with Crippen molar-refractivity contribution in [2.75, 3.05) is 49.3 Å². The van der Waals surface area contributed by atoms with Crippen LogP contribution in [-0.4, -0.2) is 71.5 Å². The van der Waals surface area contributed by atoms with Crippen LogP contribution in [0.4, 0.5) is 20.7 Å². The maximum absolute atomic E-state index is 13.0. The summed E-state index contributed by atoms with van der Waals surface area (Å²) in [6, 6.07) is 3.18. The number of hydrogen-bond acceptors (Lipinski definition) is 8. The van der Waals surface area contributed by atoms with Crippen molar-refractivity contribution in [3.63, 3.8) is 0 Å². The zero-order valence-electron chi connectivity index (χ0n) is 19.6. The number of pyridine rings is 1. The van der Waals surface area contributed by atoms with Gasteiger partial charge in [0.05, 0.1) is 38.5 Å². The highest BCUT2D eigenvalue weighted by Crippen LogP contribution is 2.28. The average molecular weight is 463 g/mol. The van der Waals surface area contributed by atoms with Gasteiger partial charge < -0.3 is 19.3 Å². The van der Waals surface area contributed by atoms with Crippen LogP contribution in [0.25, 0.3) is 11.4 Å². The summed E-state index contributed by atoms with van der Waals surface area (Å²) in [5, 5.41) is 0. The Morgan fingerprint density at radius 2 is 1.39 bits per heavy atom. The predicted octanol–water partition coefficient (Wildman–Crippen LogP) is 3.59. The van der Waals surface area contributed by atoms with E-state index in [1.807, 2.05) is 0 Å². The standard InChI is InChI=1S/C23H32F2N6O2/c1-14(2)18-12-32-9-7-30(18)22-27-21(16-5-6-17(20(24)25)26-11-16)28-23(29-22)31-8-10-33-13-19(31)15(3)4/h5-6,11,14-15,18-20H,7-10,12-13H2,1-4H3/t18-,19-/m0/s1. The molecule has 0 bridgehead atoms. The van der Waals surface area contributed by atoms with Crippen LogP contribution in [0.15, 0.2) is 18.3 Å². The lowest BCUT2D eigenvalue weighted by molar-refractivity contribution is 0.0785. The highest BCUT2D eigenvalue weighted by atomic mass is 19.3. The molecule has 4 heterocycles. The minimum absolute atomic E-state index is 0.131. The monoisotopic (exact) mass is 462 g/mol. The van der Waals surface area contributed by atoms with Crippen molar-refractivity contribution in [3.05, 3.63) is 24.0 Å². The molecule has 0 aromatic carbocycles. The van der Waals surface area contributed by atoms with Crippen LogP contribution < -0.4 is 9.80 Å². The van der Waals surface area contributed by atoms with Crippen molar-refractivity contribution in [1.29, 1.82) is 0 Å². The fourth-order valence-corrected chi connectivity index (χ4v) is 4.25. The van der Waals surface area contributed by atoms with Gasteiger partial charge in [0.25, 0.3) is 6.43 Å². The molecule has 0 unspecified atom stereocenters. The van der Waals surface area contributed by atoms with Crippen molar-refractivity contribution in [2.24, 2.45) is 11.8 Å². The second-order valence-corrected chi connectivity index (χ2v) is 9.19. The lowest BCUT2D eigenvalue weighted by Crippen LogP contribution is -2.51. The molecule has 2 saturated heterocycles. The molecule has 8 nitrogen and oxygen atoms in total. The normalized spacial score (nSPS) is 22.0. The Hall–Kier alpha value is -2.46. The molecule has 2 fully saturated rings. The molecule has 0 radical (unpaired) electrons. The van der Waals surface area contributed by atoms with Crippen LogP contribution in [0.1, 0.15) is 39.8 Å². The number of halogens is 2. The van der Waals surface area contributed by atoms with Crippen LogP contribution in [0, 0.1) is 11.8 Å². The Kier molecular flexibility index (Phi) is 7.33. The summed E-state index contributed by atoms with van der Waals surface area (Å²) in [4.78, 5) is 22.7. The van der Waals surface area contributed by atoms with Gasteiger partial charge in [0.2, 0.25) is 11.9 Å². The number of rotatable bonds is 6. The van der Waals surface area contributed by atoms with Crippen LogP contribution in [0.3, 0.4) is 0 Å². The number of alkyl halides is 2. The Bertz CT molecular complexity index is 881. The van der Waals surface area contributed by atoms with E-state index >= 15 is 0 Å². The molecular weight excluding hydrogens is 430 g/mol. The highest BCUT2D eigenvalue weighted by Gasteiger charge is 2.32. The molecule has 2 aromatic heterocycles. The van der Waals surface area contributed by atoms with Crippen LogP contribution >= 0.6 is 0 Å². The van der Waals surface area contributed by atoms with E-state index in [-0.39, 0.29) is 17.8 Å². The summed E-state index contributed by atoms with van der Waals surface area (Å²) in [6.45, 7) is 12.3. The molecular formula is C23H32F2N6O2. The van der Waals surface area contributed by atoms with Gasteiger partial charge in [-0.3, -0.25) is 4.98 Å². The average Bonchev–Trinajstić information content (AvgIpc) is 2.83. The van der Waals surface area contributed by atoms with Crippen molar-refractivity contribution < 1.29 is 18.3 Å². The zero-order valence-corrected chi connectivity index (χ0v) is 19.6. The molecule has 0 aliphatic carbocycles. The molecule has 0 saturated carbocycles. The van der Waals surface area contributed by atoms with Gasteiger partial charge >= 0.3 is 0 Å². The Morgan fingerprint density at radius 1 is 0.848 bits per heavy atom. The smallest absolute Gasteiger partial charge is 0.280 e. The molecule has 2 aliphatic rings. The topological polar surface area (TPSA) is 76.5 Å². The first kappa shape index (κ1) is 23.7. The molecule has 2 aliphatic heterocycles. The van der Waals surface area contributed by atoms with Gasteiger partial charge in [-0.05, 0) is 24.0 Å². The highest BCUT2D eigenvalue weighted by molar-refractivity contribution is 5.58. The SMILES string of the molecule is CC(C)[C@@H]1COCCN1c1nc(-c2ccc(C(F)F)nc2)nc(N2CCOC[C@H]2C(C)C)n1. The van der Waals surface area contributed by atoms with Crippen molar-refractivity contribution >= 4 is 11.9 Å². The quantitative estimate of drug-likeness (QED) is 0.645. The van der Waals surface area contributed by atoms with Crippen molar-refractivity contribution in [2.45, 2.75) is 46.2 Å². The molecule has 4 rings (SSSR count). The molecule has 0 amide bonds. The summed E-state index contributed by atoms with van der Waals surface area (Å²) in [7, 11) is 0. The third-order valence-corrected chi connectivity index (χ3v) is 6.26. The predicted molar refractivity (Wildman–Crippen MR) is 122 cm³/mol. The van der Waals surface area contributed by atoms with Crippen LogP contribution in [0.5, 0.6) is 0 Å². The van der Waals surface area contributed by atoms with Gasteiger partial charge in [-0.2, -0.15) is 15.0 Å². The molecule has 180 valence electrons. The van der Waals surface area contributed by atoms with E-state index in [0.29, 0.717) is 74.6 Å². The number of morpholine rings is 2. The third-order valence-electron chi connectivity index (χ3n) is 6.26. The van der Waals surface area contributed by atoms with E-state index in [0.717, 1.165) is 0 Å². The van der Waals surface area contributed by atoms with Gasteiger partial charge in [0.15, 0.2) is 5.82 Å². The zero-order chi connectivity index (χ0) is 23.5. The number of aromatic nitrogens is 4. The van der Waals surface area contributed by atoms with Crippen LogP contribution in [0.2, 0.25) is 0 Å². The largest absolute Gasteiger partial charge is 0.377 e. The number of hydrogen-bond donors (Lipinski definition) is 0. The Morgan fingerprint density at radius 3 is 1.82 bits per heavy atom. The molecule has 2 atom stereocenters. The maximum Gasteiger partial charge on any atom is 0.280 e. The first-order valence-electron chi connectivity index (χ1n) is 11.5. The Balaban J connectivity index is 1.79. The minimum atomic E-state index is -2.62.